The van der Waals surface area contributed by atoms with Crippen LogP contribution in [0.1, 0.15) is 46.5 Å². The lowest BCUT2D eigenvalue weighted by molar-refractivity contribution is 0.293. The fraction of sp³-hybridized carbons (Fsp3) is 0.833. The Morgan fingerprint density at radius 3 is 2.62 bits per heavy atom. The third-order valence-electron chi connectivity index (χ3n) is 2.92. The van der Waals surface area contributed by atoms with E-state index < -0.39 is 0 Å². The average molecular weight is 201 g/mol. The number of halogens is 1. The molecule has 0 nitrogen and oxygen atoms in total. The third-order valence-corrected chi connectivity index (χ3v) is 3.08. The van der Waals surface area contributed by atoms with Crippen LogP contribution in [-0.2, 0) is 0 Å². The molecule has 76 valence electrons. The predicted octanol–water partition coefficient (Wildman–Crippen LogP) is 4.39. The van der Waals surface area contributed by atoms with E-state index in [1.54, 1.807) is 0 Å². The summed E-state index contributed by atoms with van der Waals surface area (Å²) < 4.78 is 0. The Kier molecular flexibility index (Phi) is 3.85. The van der Waals surface area contributed by atoms with Crippen LogP contribution in [0.2, 0.25) is 0 Å². The van der Waals surface area contributed by atoms with Gasteiger partial charge in [0.2, 0.25) is 0 Å². The molecule has 2 unspecified atom stereocenters. The van der Waals surface area contributed by atoms with Crippen molar-refractivity contribution in [2.24, 2.45) is 11.8 Å². The summed E-state index contributed by atoms with van der Waals surface area (Å²) in [6.07, 6.45) is 9.63. The molecule has 1 aliphatic carbocycles. The molecule has 13 heavy (non-hydrogen) atoms. The number of hydrogen-bond donors (Lipinski definition) is 0. The van der Waals surface area contributed by atoms with Crippen molar-refractivity contribution >= 4 is 11.6 Å². The Balaban J connectivity index is 2.38. The lowest BCUT2D eigenvalue weighted by atomic mass is 9.80. The molecule has 0 radical (unpaired) electrons. The Morgan fingerprint density at radius 1 is 1.46 bits per heavy atom. The first-order chi connectivity index (χ1) is 5.99. The summed E-state index contributed by atoms with van der Waals surface area (Å²) in [4.78, 5) is -0.0272. The van der Waals surface area contributed by atoms with Gasteiger partial charge in [-0.2, -0.15) is 0 Å². The second-order valence-electron chi connectivity index (χ2n) is 4.94. The van der Waals surface area contributed by atoms with Gasteiger partial charge in [0.1, 0.15) is 0 Å². The van der Waals surface area contributed by atoms with Crippen molar-refractivity contribution in [3.8, 4) is 0 Å². The molecule has 0 heterocycles. The fourth-order valence-corrected chi connectivity index (χ4v) is 2.51. The molecule has 0 aromatic carbocycles. The van der Waals surface area contributed by atoms with Gasteiger partial charge in [-0.15, -0.1) is 11.6 Å². The molecule has 1 aliphatic rings. The van der Waals surface area contributed by atoms with Gasteiger partial charge in [-0.3, -0.25) is 0 Å². The molecule has 0 saturated heterocycles. The van der Waals surface area contributed by atoms with E-state index in [0.717, 1.165) is 18.3 Å². The second kappa shape index (κ2) is 4.50. The molecule has 1 rings (SSSR count). The maximum Gasteiger partial charge on any atom is 0.0393 e. The highest BCUT2D eigenvalue weighted by molar-refractivity contribution is 6.23. The summed E-state index contributed by atoms with van der Waals surface area (Å²) in [6.45, 7) is 6.57. The third kappa shape index (κ3) is 4.17. The van der Waals surface area contributed by atoms with Crippen molar-refractivity contribution in [1.29, 1.82) is 0 Å². The van der Waals surface area contributed by atoms with Gasteiger partial charge in [0, 0.05) is 4.87 Å². The van der Waals surface area contributed by atoms with E-state index in [0.29, 0.717) is 0 Å². The Morgan fingerprint density at radius 2 is 2.15 bits per heavy atom. The average Bonchev–Trinajstić information content (AvgIpc) is 2.03. The second-order valence-corrected chi connectivity index (χ2v) is 5.97. The lowest BCUT2D eigenvalue weighted by Gasteiger charge is -2.29. The molecule has 0 aromatic heterocycles. The summed E-state index contributed by atoms with van der Waals surface area (Å²) in [5.74, 6) is 1.63. The van der Waals surface area contributed by atoms with Crippen LogP contribution < -0.4 is 0 Å². The predicted molar refractivity (Wildman–Crippen MR) is 60.2 cm³/mol. The van der Waals surface area contributed by atoms with Gasteiger partial charge in [-0.1, -0.05) is 19.1 Å². The van der Waals surface area contributed by atoms with Crippen LogP contribution in [-0.4, -0.2) is 4.87 Å². The molecular weight excluding hydrogens is 180 g/mol. The van der Waals surface area contributed by atoms with E-state index >= 15 is 0 Å². The quantitative estimate of drug-likeness (QED) is 0.469. The Labute approximate surface area is 87.4 Å². The van der Waals surface area contributed by atoms with E-state index in [2.05, 4.69) is 32.9 Å². The summed E-state index contributed by atoms with van der Waals surface area (Å²) in [7, 11) is 0. The van der Waals surface area contributed by atoms with Crippen LogP contribution in [0.3, 0.4) is 0 Å². The van der Waals surface area contributed by atoms with Crippen molar-refractivity contribution in [1.82, 2.24) is 0 Å². The lowest BCUT2D eigenvalue weighted by Crippen LogP contribution is -2.21. The molecule has 2 atom stereocenters. The van der Waals surface area contributed by atoms with Crippen molar-refractivity contribution in [2.45, 2.75) is 51.3 Å². The van der Waals surface area contributed by atoms with Gasteiger partial charge in [0.25, 0.3) is 0 Å². The summed E-state index contributed by atoms with van der Waals surface area (Å²) >= 11 is 6.23. The van der Waals surface area contributed by atoms with Crippen LogP contribution in [0.5, 0.6) is 0 Å². The van der Waals surface area contributed by atoms with E-state index in [9.17, 15) is 0 Å². The van der Waals surface area contributed by atoms with Gasteiger partial charge in [-0.25, -0.2) is 0 Å². The van der Waals surface area contributed by atoms with Crippen molar-refractivity contribution in [2.75, 3.05) is 0 Å². The maximum absolute atomic E-state index is 6.23. The van der Waals surface area contributed by atoms with Crippen LogP contribution in [0.25, 0.3) is 0 Å². The first-order valence-corrected chi connectivity index (χ1v) is 5.71. The van der Waals surface area contributed by atoms with Crippen LogP contribution in [0.15, 0.2) is 12.2 Å². The molecule has 0 bridgehead atoms. The topological polar surface area (TPSA) is 0 Å². The minimum absolute atomic E-state index is 0.0272. The van der Waals surface area contributed by atoms with E-state index in [1.807, 2.05) is 0 Å². The number of hydrogen-bond acceptors (Lipinski definition) is 0. The Hall–Kier alpha value is 0.0300. The summed E-state index contributed by atoms with van der Waals surface area (Å²) in [6, 6.07) is 0. The van der Waals surface area contributed by atoms with E-state index in [1.165, 1.54) is 19.3 Å². The highest BCUT2D eigenvalue weighted by Gasteiger charge is 2.24. The zero-order valence-corrected chi connectivity index (χ0v) is 9.77. The molecule has 0 spiro atoms. The molecule has 0 fully saturated rings. The summed E-state index contributed by atoms with van der Waals surface area (Å²) in [5, 5.41) is 0. The minimum atomic E-state index is -0.0272. The molecule has 1 heteroatoms. The monoisotopic (exact) mass is 200 g/mol. The van der Waals surface area contributed by atoms with Gasteiger partial charge in [0.15, 0.2) is 0 Å². The van der Waals surface area contributed by atoms with Crippen LogP contribution in [0, 0.1) is 11.8 Å². The van der Waals surface area contributed by atoms with Crippen LogP contribution >= 0.6 is 11.6 Å². The van der Waals surface area contributed by atoms with Crippen molar-refractivity contribution in [3.63, 3.8) is 0 Å². The van der Waals surface area contributed by atoms with E-state index in [4.69, 9.17) is 11.6 Å². The standard InChI is InChI=1S/C12H21Cl/c1-10(9-12(2,3)13)11-7-5-4-6-8-11/h4-5,10-11H,6-9H2,1-3H3. The number of rotatable bonds is 3. The fourth-order valence-electron chi connectivity index (χ4n) is 2.27. The molecule has 0 amide bonds. The minimum Gasteiger partial charge on any atom is -0.120 e. The first-order valence-electron chi connectivity index (χ1n) is 5.33. The van der Waals surface area contributed by atoms with Crippen molar-refractivity contribution in [3.05, 3.63) is 12.2 Å². The van der Waals surface area contributed by atoms with Gasteiger partial charge in [-0.05, 0) is 51.4 Å². The molecular formula is C12H21Cl. The number of allylic oxidation sites excluding steroid dienone is 2. The van der Waals surface area contributed by atoms with Crippen molar-refractivity contribution < 1.29 is 0 Å². The van der Waals surface area contributed by atoms with Crippen LogP contribution in [0.4, 0.5) is 0 Å². The normalized spacial score (nSPS) is 26.0. The Bertz CT molecular complexity index is 176. The highest BCUT2D eigenvalue weighted by Crippen LogP contribution is 2.33. The summed E-state index contributed by atoms with van der Waals surface area (Å²) in [5.41, 5.74) is 0. The highest BCUT2D eigenvalue weighted by atomic mass is 35.5. The molecule has 0 aliphatic heterocycles. The number of alkyl halides is 1. The van der Waals surface area contributed by atoms with Gasteiger partial charge < -0.3 is 0 Å². The van der Waals surface area contributed by atoms with Gasteiger partial charge >= 0.3 is 0 Å². The molecule has 0 N–H and O–H groups in total. The SMILES string of the molecule is CC(CC(C)(C)Cl)C1CC=CCC1. The van der Waals surface area contributed by atoms with Gasteiger partial charge in [0.05, 0.1) is 0 Å². The first kappa shape index (κ1) is 11.1. The zero-order chi connectivity index (χ0) is 9.90. The largest absolute Gasteiger partial charge is 0.120 e. The zero-order valence-electron chi connectivity index (χ0n) is 9.02. The smallest absolute Gasteiger partial charge is 0.0393 e. The van der Waals surface area contributed by atoms with E-state index in [-0.39, 0.29) is 4.87 Å². The molecule has 0 aromatic rings. The maximum atomic E-state index is 6.23. The molecule has 0 saturated carbocycles.